The number of aliphatic carboxylic acids is 1. The van der Waals surface area contributed by atoms with E-state index in [1.54, 1.807) is 18.2 Å². The summed E-state index contributed by atoms with van der Waals surface area (Å²) in [6.07, 6.45) is 0.788. The average Bonchev–Trinajstić information content (AvgIpc) is 2.15. The fraction of sp³-hybridized carbons (Fsp3) is 0.300. The monoisotopic (exact) mass is 264 g/mol. The molecule has 0 aliphatic carbocycles. The molecule has 1 aromatic carbocycles. The number of benzene rings is 1. The summed E-state index contributed by atoms with van der Waals surface area (Å²) >= 11 is 13.4. The fourth-order valence-corrected chi connectivity index (χ4v) is 2.65. The Balaban J connectivity index is 2.47. The highest BCUT2D eigenvalue weighted by Gasteiger charge is 2.06. The summed E-state index contributed by atoms with van der Waals surface area (Å²) in [5.41, 5.74) is 0. The largest absolute Gasteiger partial charge is 0.481 e. The standard InChI is InChI=1S/C10H10Cl2O2S/c11-7-3-1-4-8(12)10(7)15-6-2-5-9(13)14/h1,3-4H,2,5-6H2,(H,13,14). The molecule has 1 aromatic rings. The van der Waals surface area contributed by atoms with Crippen LogP contribution in [0.25, 0.3) is 0 Å². The number of hydrogen-bond acceptors (Lipinski definition) is 2. The van der Waals surface area contributed by atoms with Crippen LogP contribution >= 0.6 is 35.0 Å². The molecule has 82 valence electrons. The zero-order valence-electron chi connectivity index (χ0n) is 7.87. The molecule has 0 aliphatic rings. The minimum Gasteiger partial charge on any atom is -0.481 e. The van der Waals surface area contributed by atoms with Crippen LogP contribution < -0.4 is 0 Å². The van der Waals surface area contributed by atoms with Crippen molar-refractivity contribution in [3.63, 3.8) is 0 Å². The minimum absolute atomic E-state index is 0.176. The van der Waals surface area contributed by atoms with Gasteiger partial charge in [-0.1, -0.05) is 29.3 Å². The maximum Gasteiger partial charge on any atom is 0.303 e. The highest BCUT2D eigenvalue weighted by atomic mass is 35.5. The summed E-state index contributed by atoms with van der Waals surface area (Å²) in [7, 11) is 0. The lowest BCUT2D eigenvalue weighted by Gasteiger charge is -2.05. The second kappa shape index (κ2) is 6.26. The van der Waals surface area contributed by atoms with Gasteiger partial charge in [0.2, 0.25) is 0 Å². The lowest BCUT2D eigenvalue weighted by Crippen LogP contribution is -1.94. The van der Waals surface area contributed by atoms with Gasteiger partial charge < -0.3 is 5.11 Å². The number of halogens is 2. The maximum absolute atomic E-state index is 10.3. The van der Waals surface area contributed by atoms with Crippen LogP contribution in [-0.2, 0) is 4.79 Å². The number of carbonyl (C=O) groups is 1. The second-order valence-electron chi connectivity index (χ2n) is 2.90. The highest BCUT2D eigenvalue weighted by molar-refractivity contribution is 7.99. The van der Waals surface area contributed by atoms with Gasteiger partial charge in [-0.15, -0.1) is 11.8 Å². The molecular formula is C10H10Cl2O2S. The molecule has 0 amide bonds. The summed E-state index contributed by atoms with van der Waals surface area (Å²) in [5.74, 6) is -0.0729. The SMILES string of the molecule is O=C(O)CCCSc1c(Cl)cccc1Cl. The van der Waals surface area contributed by atoms with Gasteiger partial charge in [-0.2, -0.15) is 0 Å². The van der Waals surface area contributed by atoms with E-state index in [2.05, 4.69) is 0 Å². The lowest BCUT2D eigenvalue weighted by atomic mass is 10.3. The zero-order valence-corrected chi connectivity index (χ0v) is 10.2. The van der Waals surface area contributed by atoms with Gasteiger partial charge in [0.25, 0.3) is 0 Å². The van der Waals surface area contributed by atoms with Crippen molar-refractivity contribution in [3.8, 4) is 0 Å². The summed E-state index contributed by atoms with van der Waals surface area (Å²) in [6, 6.07) is 5.33. The van der Waals surface area contributed by atoms with Crippen LogP contribution in [0.15, 0.2) is 23.1 Å². The summed E-state index contributed by atoms with van der Waals surface area (Å²) in [4.78, 5) is 11.1. The average molecular weight is 265 g/mol. The Kier molecular flexibility index (Phi) is 5.29. The maximum atomic E-state index is 10.3. The molecule has 0 fully saturated rings. The zero-order chi connectivity index (χ0) is 11.3. The van der Waals surface area contributed by atoms with Crippen LogP contribution in [0, 0.1) is 0 Å². The van der Waals surface area contributed by atoms with Gasteiger partial charge in [-0.05, 0) is 24.3 Å². The van der Waals surface area contributed by atoms with E-state index in [1.807, 2.05) is 0 Å². The summed E-state index contributed by atoms with van der Waals surface area (Å²) in [5, 5.41) is 9.69. The van der Waals surface area contributed by atoms with Crippen LogP contribution in [0.1, 0.15) is 12.8 Å². The van der Waals surface area contributed by atoms with Gasteiger partial charge in [0.1, 0.15) is 0 Å². The summed E-state index contributed by atoms with van der Waals surface area (Å²) < 4.78 is 0. The van der Waals surface area contributed by atoms with Crippen LogP contribution in [0.2, 0.25) is 10.0 Å². The molecule has 0 aromatic heterocycles. The number of rotatable bonds is 5. The van der Waals surface area contributed by atoms with Gasteiger partial charge >= 0.3 is 5.97 Å². The second-order valence-corrected chi connectivity index (χ2v) is 4.82. The first-order chi connectivity index (χ1) is 7.11. The topological polar surface area (TPSA) is 37.3 Å². The molecule has 0 saturated carbocycles. The van der Waals surface area contributed by atoms with E-state index in [9.17, 15) is 4.79 Å². The number of carboxylic acid groups (broad SMARTS) is 1. The van der Waals surface area contributed by atoms with Crippen molar-refractivity contribution in [2.75, 3.05) is 5.75 Å². The van der Waals surface area contributed by atoms with E-state index in [0.29, 0.717) is 22.2 Å². The van der Waals surface area contributed by atoms with Crippen LogP contribution in [0.5, 0.6) is 0 Å². The number of thioether (sulfide) groups is 1. The predicted octanol–water partition coefficient (Wildman–Crippen LogP) is 3.95. The molecule has 0 heterocycles. The predicted molar refractivity (Wildman–Crippen MR) is 64.1 cm³/mol. The first-order valence-corrected chi connectivity index (χ1v) is 6.14. The van der Waals surface area contributed by atoms with E-state index < -0.39 is 5.97 Å². The van der Waals surface area contributed by atoms with Crippen molar-refractivity contribution in [3.05, 3.63) is 28.2 Å². The molecule has 15 heavy (non-hydrogen) atoms. The number of carboxylic acids is 1. The van der Waals surface area contributed by atoms with Crippen molar-refractivity contribution >= 4 is 40.9 Å². The Morgan fingerprint density at radius 3 is 2.47 bits per heavy atom. The molecule has 0 radical (unpaired) electrons. The van der Waals surface area contributed by atoms with Crippen molar-refractivity contribution in [1.82, 2.24) is 0 Å². The van der Waals surface area contributed by atoms with Crippen molar-refractivity contribution < 1.29 is 9.90 Å². The highest BCUT2D eigenvalue weighted by Crippen LogP contribution is 2.34. The van der Waals surface area contributed by atoms with Crippen LogP contribution in [0.3, 0.4) is 0 Å². The Morgan fingerprint density at radius 2 is 1.93 bits per heavy atom. The Labute approximate surface area is 103 Å². The van der Waals surface area contributed by atoms with Gasteiger partial charge in [-0.3, -0.25) is 4.79 Å². The first kappa shape index (κ1) is 12.7. The minimum atomic E-state index is -0.777. The molecule has 0 atom stereocenters. The van der Waals surface area contributed by atoms with E-state index in [4.69, 9.17) is 28.3 Å². The lowest BCUT2D eigenvalue weighted by molar-refractivity contribution is -0.137. The molecule has 5 heteroatoms. The van der Waals surface area contributed by atoms with E-state index >= 15 is 0 Å². The van der Waals surface area contributed by atoms with E-state index in [0.717, 1.165) is 4.90 Å². The Bertz CT molecular complexity index is 335. The van der Waals surface area contributed by atoms with Crippen molar-refractivity contribution in [2.24, 2.45) is 0 Å². The third-order valence-electron chi connectivity index (χ3n) is 1.70. The van der Waals surface area contributed by atoms with Crippen molar-refractivity contribution in [2.45, 2.75) is 17.7 Å². The fourth-order valence-electron chi connectivity index (χ4n) is 1.02. The van der Waals surface area contributed by atoms with Gasteiger partial charge in [0.15, 0.2) is 0 Å². The molecule has 1 N–H and O–H groups in total. The third-order valence-corrected chi connectivity index (χ3v) is 3.78. The summed E-state index contributed by atoms with van der Waals surface area (Å²) in [6.45, 7) is 0. The van der Waals surface area contributed by atoms with Gasteiger partial charge in [0, 0.05) is 11.3 Å². The Morgan fingerprint density at radius 1 is 1.33 bits per heavy atom. The van der Waals surface area contributed by atoms with E-state index in [1.165, 1.54) is 11.8 Å². The Hall–Kier alpha value is -0.380. The van der Waals surface area contributed by atoms with Gasteiger partial charge in [-0.25, -0.2) is 0 Å². The third kappa shape index (κ3) is 4.33. The smallest absolute Gasteiger partial charge is 0.303 e. The molecular weight excluding hydrogens is 255 g/mol. The first-order valence-electron chi connectivity index (χ1n) is 4.40. The molecule has 2 nitrogen and oxygen atoms in total. The van der Waals surface area contributed by atoms with E-state index in [-0.39, 0.29) is 6.42 Å². The molecule has 0 spiro atoms. The molecule has 0 bridgehead atoms. The number of hydrogen-bond donors (Lipinski definition) is 1. The molecule has 1 rings (SSSR count). The molecule has 0 saturated heterocycles. The normalized spacial score (nSPS) is 10.3. The molecule has 0 unspecified atom stereocenters. The van der Waals surface area contributed by atoms with Crippen molar-refractivity contribution in [1.29, 1.82) is 0 Å². The quantitative estimate of drug-likeness (QED) is 0.647. The van der Waals surface area contributed by atoms with Crippen LogP contribution in [-0.4, -0.2) is 16.8 Å². The molecule has 0 aliphatic heterocycles. The van der Waals surface area contributed by atoms with Crippen LogP contribution in [0.4, 0.5) is 0 Å². The van der Waals surface area contributed by atoms with Gasteiger partial charge in [0.05, 0.1) is 10.0 Å².